The van der Waals surface area contributed by atoms with E-state index in [-0.39, 0.29) is 16.7 Å². The lowest BCUT2D eigenvalue weighted by Gasteiger charge is -2.27. The fraction of sp³-hybridized carbons (Fsp3) is 0.538. The first kappa shape index (κ1) is 17.2. The van der Waals surface area contributed by atoms with Crippen molar-refractivity contribution in [1.29, 1.82) is 0 Å². The Morgan fingerprint density at radius 3 is 2.67 bits per heavy atom. The summed E-state index contributed by atoms with van der Waals surface area (Å²) in [4.78, 5) is 0.101. The smallest absolute Gasteiger partial charge is 0.246 e. The molecule has 1 aromatic carbocycles. The van der Waals surface area contributed by atoms with Crippen LogP contribution in [0, 0.1) is 0 Å². The average molecular weight is 442 g/mol. The van der Waals surface area contributed by atoms with Gasteiger partial charge in [-0.2, -0.15) is 4.31 Å². The highest BCUT2D eigenvalue weighted by molar-refractivity contribution is 9.11. The van der Waals surface area contributed by atoms with E-state index in [1.54, 1.807) is 19.2 Å². The number of rotatable bonds is 4. The van der Waals surface area contributed by atoms with Crippen LogP contribution in [-0.4, -0.2) is 39.0 Å². The van der Waals surface area contributed by atoms with Crippen molar-refractivity contribution in [2.45, 2.75) is 30.3 Å². The molecule has 1 aliphatic rings. The highest BCUT2D eigenvalue weighted by atomic mass is 79.9. The number of sulfonamides is 1. The Balaban J connectivity index is 2.24. The fourth-order valence-electron chi connectivity index (χ4n) is 2.34. The minimum atomic E-state index is -3.66. The summed E-state index contributed by atoms with van der Waals surface area (Å²) >= 11 is 6.57. The van der Waals surface area contributed by atoms with Crippen LogP contribution in [0.15, 0.2) is 26.0 Å². The molecule has 2 N–H and O–H groups in total. The molecule has 118 valence electrons. The third-order valence-electron chi connectivity index (χ3n) is 3.44. The van der Waals surface area contributed by atoms with Crippen LogP contribution >= 0.6 is 31.9 Å². The summed E-state index contributed by atoms with van der Waals surface area (Å²) in [6.45, 7) is 1.03. The maximum absolute atomic E-state index is 12.7. The molecule has 1 heterocycles. The van der Waals surface area contributed by atoms with Gasteiger partial charge in [0.05, 0.1) is 11.8 Å². The largest absolute Gasteiger partial charge is 0.398 e. The van der Waals surface area contributed by atoms with Crippen molar-refractivity contribution in [3.63, 3.8) is 0 Å². The molecule has 1 aromatic rings. The van der Waals surface area contributed by atoms with Crippen LogP contribution in [0.25, 0.3) is 0 Å². The molecule has 0 aromatic heterocycles. The second-order valence-electron chi connectivity index (χ2n) is 5.08. The number of hydrogen-bond donors (Lipinski definition) is 1. The first-order valence-corrected chi connectivity index (χ1v) is 9.67. The van der Waals surface area contributed by atoms with Gasteiger partial charge < -0.3 is 10.5 Å². The zero-order chi connectivity index (χ0) is 15.6. The van der Waals surface area contributed by atoms with Gasteiger partial charge in [-0.3, -0.25) is 0 Å². The Kier molecular flexibility index (Phi) is 5.70. The highest BCUT2D eigenvalue weighted by Gasteiger charge is 2.29. The van der Waals surface area contributed by atoms with Crippen LogP contribution in [0.2, 0.25) is 0 Å². The molecule has 0 spiro atoms. The molecule has 0 amide bonds. The third kappa shape index (κ3) is 3.98. The quantitative estimate of drug-likeness (QED) is 0.729. The molecule has 8 heteroatoms. The van der Waals surface area contributed by atoms with E-state index in [0.29, 0.717) is 17.6 Å². The molecule has 0 saturated carbocycles. The molecule has 1 fully saturated rings. The first-order chi connectivity index (χ1) is 9.82. The number of nitrogen functional groups attached to an aromatic ring is 1. The molecule has 0 aliphatic carbocycles. The zero-order valence-corrected chi connectivity index (χ0v) is 15.7. The van der Waals surface area contributed by atoms with Gasteiger partial charge >= 0.3 is 0 Å². The maximum Gasteiger partial charge on any atom is 0.246 e. The number of ether oxygens (including phenoxy) is 1. The van der Waals surface area contributed by atoms with Gasteiger partial charge in [0.2, 0.25) is 10.0 Å². The van der Waals surface area contributed by atoms with E-state index in [9.17, 15) is 8.42 Å². The molecule has 2 rings (SSSR count). The van der Waals surface area contributed by atoms with Gasteiger partial charge in [-0.1, -0.05) is 15.9 Å². The summed E-state index contributed by atoms with van der Waals surface area (Å²) in [5.74, 6) is 0. The minimum Gasteiger partial charge on any atom is -0.398 e. The highest BCUT2D eigenvalue weighted by Crippen LogP contribution is 2.33. The first-order valence-electron chi connectivity index (χ1n) is 6.65. The molecule has 5 nitrogen and oxygen atoms in total. The summed E-state index contributed by atoms with van der Waals surface area (Å²) in [5, 5.41) is 0. The van der Waals surface area contributed by atoms with Crippen LogP contribution in [0.5, 0.6) is 0 Å². The molecule has 0 radical (unpaired) electrons. The molecule has 1 unspecified atom stereocenters. The number of benzene rings is 1. The number of hydrogen-bond acceptors (Lipinski definition) is 4. The van der Waals surface area contributed by atoms with Gasteiger partial charge in [-0.15, -0.1) is 0 Å². The Labute approximate surface area is 142 Å². The summed E-state index contributed by atoms with van der Waals surface area (Å²) in [6.07, 6.45) is 2.95. The van der Waals surface area contributed by atoms with Crippen LogP contribution in [0.1, 0.15) is 19.3 Å². The van der Waals surface area contributed by atoms with Gasteiger partial charge in [0.1, 0.15) is 4.90 Å². The second kappa shape index (κ2) is 6.95. The number of nitrogens with two attached hydrogens (primary N) is 1. The number of anilines is 1. The lowest BCUT2D eigenvalue weighted by Crippen LogP contribution is -2.37. The molecular weight excluding hydrogens is 424 g/mol. The topological polar surface area (TPSA) is 72.6 Å². The van der Waals surface area contributed by atoms with Crippen molar-refractivity contribution in [2.24, 2.45) is 0 Å². The van der Waals surface area contributed by atoms with Crippen LogP contribution in [0.4, 0.5) is 5.69 Å². The molecule has 1 aliphatic heterocycles. The Hall–Kier alpha value is -0.150. The van der Waals surface area contributed by atoms with Crippen LogP contribution < -0.4 is 5.73 Å². The molecule has 0 bridgehead atoms. The van der Waals surface area contributed by atoms with E-state index < -0.39 is 10.0 Å². The third-order valence-corrected chi connectivity index (χ3v) is 6.73. The van der Waals surface area contributed by atoms with Crippen molar-refractivity contribution in [2.75, 3.05) is 25.9 Å². The second-order valence-corrected chi connectivity index (χ2v) is 8.83. The van der Waals surface area contributed by atoms with E-state index in [1.807, 2.05) is 0 Å². The summed E-state index contributed by atoms with van der Waals surface area (Å²) < 4.78 is 33.5. The lowest BCUT2D eigenvalue weighted by atomic mass is 10.1. The summed E-state index contributed by atoms with van der Waals surface area (Å²) in [7, 11) is -2.10. The predicted octanol–water partition coefficient (Wildman–Crippen LogP) is 2.98. The van der Waals surface area contributed by atoms with Gasteiger partial charge in [-0.25, -0.2) is 8.42 Å². The van der Waals surface area contributed by atoms with Crippen molar-refractivity contribution in [1.82, 2.24) is 4.31 Å². The molecule has 1 saturated heterocycles. The predicted molar refractivity (Wildman–Crippen MR) is 89.7 cm³/mol. The van der Waals surface area contributed by atoms with Crippen LogP contribution in [-0.2, 0) is 14.8 Å². The van der Waals surface area contributed by atoms with Crippen LogP contribution in [0.3, 0.4) is 0 Å². The van der Waals surface area contributed by atoms with E-state index in [0.717, 1.165) is 23.7 Å². The lowest BCUT2D eigenvalue weighted by molar-refractivity contribution is 0.00858. The number of likely N-dealkylation sites (N-methyl/N-ethyl adjacent to an activating group) is 1. The van der Waals surface area contributed by atoms with Gasteiger partial charge in [0, 0.05) is 29.1 Å². The van der Waals surface area contributed by atoms with Gasteiger partial charge in [0.15, 0.2) is 0 Å². The van der Waals surface area contributed by atoms with E-state index in [2.05, 4.69) is 31.9 Å². The summed E-state index contributed by atoms with van der Waals surface area (Å²) in [5.41, 5.74) is 6.10. The Morgan fingerprint density at radius 2 is 2.10 bits per heavy atom. The van der Waals surface area contributed by atoms with E-state index >= 15 is 0 Å². The molecular formula is C13H18Br2N2O3S. The fourth-order valence-corrected chi connectivity index (χ4v) is 5.55. The maximum atomic E-state index is 12.7. The zero-order valence-electron chi connectivity index (χ0n) is 11.7. The SMILES string of the molecule is CN(CC1CCCCO1)S(=O)(=O)c1c(N)cc(Br)cc1Br. The minimum absolute atomic E-state index is 0.0472. The van der Waals surface area contributed by atoms with Crippen molar-refractivity contribution >= 4 is 47.6 Å². The summed E-state index contributed by atoms with van der Waals surface area (Å²) in [6, 6.07) is 3.26. The standard InChI is InChI=1S/C13H18Br2N2O3S/c1-17(8-10-4-2-3-5-20-10)21(18,19)13-11(15)6-9(14)7-12(13)16/h6-7,10H,2-5,8,16H2,1H3. The van der Waals surface area contributed by atoms with Crippen molar-refractivity contribution in [3.8, 4) is 0 Å². The van der Waals surface area contributed by atoms with Gasteiger partial charge in [0.25, 0.3) is 0 Å². The average Bonchev–Trinajstić information content (AvgIpc) is 2.38. The number of halogens is 2. The van der Waals surface area contributed by atoms with Crippen molar-refractivity contribution < 1.29 is 13.2 Å². The normalized spacial score (nSPS) is 19.9. The Bertz CT molecular complexity index is 593. The van der Waals surface area contributed by atoms with E-state index in [1.165, 1.54) is 4.31 Å². The monoisotopic (exact) mass is 440 g/mol. The molecule has 1 atom stereocenters. The number of nitrogens with zero attached hydrogens (tertiary/aromatic N) is 1. The van der Waals surface area contributed by atoms with Crippen molar-refractivity contribution in [3.05, 3.63) is 21.1 Å². The van der Waals surface area contributed by atoms with E-state index in [4.69, 9.17) is 10.5 Å². The molecule has 21 heavy (non-hydrogen) atoms. The Morgan fingerprint density at radius 1 is 1.38 bits per heavy atom. The van der Waals surface area contributed by atoms with Gasteiger partial charge in [-0.05, 0) is 47.3 Å².